The van der Waals surface area contributed by atoms with E-state index in [2.05, 4.69) is 23.2 Å². The SMILES string of the molecule is CC(CC1CCCCN1)N(CCC#N)C1CC1. The van der Waals surface area contributed by atoms with Crippen molar-refractivity contribution in [1.29, 1.82) is 5.26 Å². The van der Waals surface area contributed by atoms with Gasteiger partial charge in [-0.05, 0) is 45.6 Å². The molecule has 2 aliphatic rings. The number of nitriles is 1. The van der Waals surface area contributed by atoms with Gasteiger partial charge in [0.1, 0.15) is 0 Å². The molecule has 2 rings (SSSR count). The van der Waals surface area contributed by atoms with Crippen molar-refractivity contribution in [2.75, 3.05) is 13.1 Å². The van der Waals surface area contributed by atoms with Crippen LogP contribution in [0, 0.1) is 11.3 Å². The Labute approximate surface area is 105 Å². The lowest BCUT2D eigenvalue weighted by Gasteiger charge is -2.33. The Bertz CT molecular complexity index is 261. The van der Waals surface area contributed by atoms with Crippen molar-refractivity contribution >= 4 is 0 Å². The van der Waals surface area contributed by atoms with Gasteiger partial charge in [0.05, 0.1) is 6.07 Å². The van der Waals surface area contributed by atoms with E-state index in [4.69, 9.17) is 5.26 Å². The van der Waals surface area contributed by atoms with Gasteiger partial charge in [0, 0.05) is 31.1 Å². The van der Waals surface area contributed by atoms with Gasteiger partial charge >= 0.3 is 0 Å². The first-order valence-electron chi connectivity index (χ1n) is 7.17. The fraction of sp³-hybridized carbons (Fsp3) is 0.929. The summed E-state index contributed by atoms with van der Waals surface area (Å²) in [6, 6.07) is 4.40. The minimum absolute atomic E-state index is 0.631. The Kier molecular flexibility index (Phi) is 4.82. The van der Waals surface area contributed by atoms with Crippen molar-refractivity contribution in [2.45, 2.75) is 70.0 Å². The molecule has 0 aromatic heterocycles. The van der Waals surface area contributed by atoms with Crippen LogP contribution in [0.3, 0.4) is 0 Å². The standard InChI is InChI=1S/C14H25N3/c1-12(11-13-5-2-3-9-16-13)17(10-4-8-15)14-6-7-14/h12-14,16H,2-7,9-11H2,1H3. The number of rotatable bonds is 6. The number of piperidine rings is 1. The lowest BCUT2D eigenvalue weighted by atomic mass is 9.98. The van der Waals surface area contributed by atoms with Crippen LogP contribution in [-0.4, -0.2) is 36.1 Å². The highest BCUT2D eigenvalue weighted by Crippen LogP contribution is 2.30. The summed E-state index contributed by atoms with van der Waals surface area (Å²) in [7, 11) is 0. The van der Waals surface area contributed by atoms with Gasteiger partial charge in [-0.1, -0.05) is 6.42 Å². The van der Waals surface area contributed by atoms with Crippen molar-refractivity contribution in [3.05, 3.63) is 0 Å². The molecule has 0 amide bonds. The molecule has 2 unspecified atom stereocenters. The number of nitrogens with one attached hydrogen (secondary N) is 1. The zero-order valence-corrected chi connectivity index (χ0v) is 11.0. The molecule has 2 atom stereocenters. The average molecular weight is 235 g/mol. The first-order chi connectivity index (χ1) is 8.31. The summed E-state index contributed by atoms with van der Waals surface area (Å²) in [6.45, 7) is 4.50. The molecule has 1 heterocycles. The van der Waals surface area contributed by atoms with Crippen molar-refractivity contribution in [1.82, 2.24) is 10.2 Å². The fourth-order valence-corrected chi connectivity index (χ4v) is 3.02. The van der Waals surface area contributed by atoms with Crippen LogP contribution in [0.2, 0.25) is 0 Å². The first-order valence-corrected chi connectivity index (χ1v) is 7.17. The third-order valence-electron chi connectivity index (χ3n) is 4.10. The van der Waals surface area contributed by atoms with E-state index in [9.17, 15) is 0 Å². The topological polar surface area (TPSA) is 39.1 Å². The van der Waals surface area contributed by atoms with Gasteiger partial charge in [0.15, 0.2) is 0 Å². The van der Waals surface area contributed by atoms with Gasteiger partial charge in [-0.3, -0.25) is 4.90 Å². The summed E-state index contributed by atoms with van der Waals surface area (Å²) in [4.78, 5) is 2.57. The van der Waals surface area contributed by atoms with Gasteiger partial charge in [-0.2, -0.15) is 5.26 Å². The Morgan fingerprint density at radius 2 is 2.18 bits per heavy atom. The van der Waals surface area contributed by atoms with E-state index in [-0.39, 0.29) is 0 Å². The molecule has 3 nitrogen and oxygen atoms in total. The maximum atomic E-state index is 8.73. The van der Waals surface area contributed by atoms with Crippen LogP contribution < -0.4 is 5.32 Å². The molecule has 1 aliphatic carbocycles. The third-order valence-corrected chi connectivity index (χ3v) is 4.10. The van der Waals surface area contributed by atoms with Crippen molar-refractivity contribution in [2.24, 2.45) is 0 Å². The molecule has 3 heteroatoms. The van der Waals surface area contributed by atoms with Crippen LogP contribution in [0.25, 0.3) is 0 Å². The quantitative estimate of drug-likeness (QED) is 0.767. The van der Waals surface area contributed by atoms with E-state index in [0.717, 1.165) is 12.6 Å². The van der Waals surface area contributed by atoms with Gasteiger partial charge in [0.25, 0.3) is 0 Å². The van der Waals surface area contributed by atoms with Crippen molar-refractivity contribution in [3.63, 3.8) is 0 Å². The molecule has 0 aromatic carbocycles. The molecule has 0 spiro atoms. The van der Waals surface area contributed by atoms with E-state index >= 15 is 0 Å². The van der Waals surface area contributed by atoms with Crippen LogP contribution in [0.5, 0.6) is 0 Å². The molecular formula is C14H25N3. The molecule has 1 saturated carbocycles. The second-order valence-corrected chi connectivity index (χ2v) is 5.61. The molecule has 1 aliphatic heterocycles. The zero-order chi connectivity index (χ0) is 12.1. The summed E-state index contributed by atoms with van der Waals surface area (Å²) in [6.07, 6.45) is 8.67. The van der Waals surface area contributed by atoms with E-state index in [0.29, 0.717) is 18.5 Å². The Hall–Kier alpha value is -0.590. The second-order valence-electron chi connectivity index (χ2n) is 5.61. The van der Waals surface area contributed by atoms with Gasteiger partial charge in [0.2, 0.25) is 0 Å². The first kappa shape index (κ1) is 12.9. The molecule has 0 radical (unpaired) electrons. The minimum atomic E-state index is 0.631. The lowest BCUT2D eigenvalue weighted by Crippen LogP contribution is -2.43. The monoisotopic (exact) mass is 235 g/mol. The number of hydrogen-bond donors (Lipinski definition) is 1. The molecule has 1 saturated heterocycles. The second kappa shape index (κ2) is 6.37. The van der Waals surface area contributed by atoms with Crippen molar-refractivity contribution < 1.29 is 0 Å². The molecule has 17 heavy (non-hydrogen) atoms. The molecule has 96 valence electrons. The summed E-state index contributed by atoms with van der Waals surface area (Å²) >= 11 is 0. The highest BCUT2D eigenvalue weighted by atomic mass is 15.2. The molecule has 2 fully saturated rings. The maximum absolute atomic E-state index is 8.73. The van der Waals surface area contributed by atoms with Crippen LogP contribution in [0.4, 0.5) is 0 Å². The number of hydrogen-bond acceptors (Lipinski definition) is 3. The molecule has 0 aromatic rings. The number of nitrogens with zero attached hydrogens (tertiary/aromatic N) is 2. The molecular weight excluding hydrogens is 210 g/mol. The van der Waals surface area contributed by atoms with Gasteiger partial charge in [-0.15, -0.1) is 0 Å². The molecule has 1 N–H and O–H groups in total. The Morgan fingerprint density at radius 1 is 1.35 bits per heavy atom. The minimum Gasteiger partial charge on any atom is -0.314 e. The van der Waals surface area contributed by atoms with Crippen molar-refractivity contribution in [3.8, 4) is 6.07 Å². The van der Waals surface area contributed by atoms with Crippen LogP contribution in [0.15, 0.2) is 0 Å². The summed E-state index contributed by atoms with van der Waals surface area (Å²) in [5.41, 5.74) is 0. The summed E-state index contributed by atoms with van der Waals surface area (Å²) in [5.74, 6) is 0. The Balaban J connectivity index is 1.78. The highest BCUT2D eigenvalue weighted by molar-refractivity contribution is 4.90. The predicted molar refractivity (Wildman–Crippen MR) is 69.7 cm³/mol. The zero-order valence-electron chi connectivity index (χ0n) is 11.0. The normalized spacial score (nSPS) is 26.8. The van der Waals surface area contributed by atoms with E-state index in [1.807, 2.05) is 0 Å². The van der Waals surface area contributed by atoms with Gasteiger partial charge < -0.3 is 5.32 Å². The lowest BCUT2D eigenvalue weighted by molar-refractivity contribution is 0.174. The maximum Gasteiger partial charge on any atom is 0.0635 e. The van der Waals surface area contributed by atoms with E-state index in [1.165, 1.54) is 45.1 Å². The third kappa shape index (κ3) is 3.97. The average Bonchev–Trinajstić information content (AvgIpc) is 3.15. The van der Waals surface area contributed by atoms with Crippen LogP contribution in [0.1, 0.15) is 51.9 Å². The largest absolute Gasteiger partial charge is 0.314 e. The van der Waals surface area contributed by atoms with Crippen LogP contribution >= 0.6 is 0 Å². The Morgan fingerprint density at radius 3 is 2.76 bits per heavy atom. The summed E-state index contributed by atoms with van der Waals surface area (Å²) < 4.78 is 0. The highest BCUT2D eigenvalue weighted by Gasteiger charge is 2.32. The molecule has 0 bridgehead atoms. The van der Waals surface area contributed by atoms with E-state index < -0.39 is 0 Å². The van der Waals surface area contributed by atoms with Gasteiger partial charge in [-0.25, -0.2) is 0 Å². The van der Waals surface area contributed by atoms with E-state index in [1.54, 1.807) is 0 Å². The fourth-order valence-electron chi connectivity index (χ4n) is 3.02. The van der Waals surface area contributed by atoms with Crippen LogP contribution in [-0.2, 0) is 0 Å². The summed E-state index contributed by atoms with van der Waals surface area (Å²) in [5, 5.41) is 12.4. The predicted octanol–water partition coefficient (Wildman–Crippen LogP) is 2.29. The smallest absolute Gasteiger partial charge is 0.0635 e.